The first kappa shape index (κ1) is 15.3. The number of carbonyl (C=O) groups is 1. The van der Waals surface area contributed by atoms with Gasteiger partial charge in [-0.05, 0) is 30.7 Å². The maximum atomic E-state index is 11.6. The van der Waals surface area contributed by atoms with Gasteiger partial charge in [-0.3, -0.25) is 9.79 Å². The standard InChI is InChI=1S/C16H24N4OS/c1-17-15(18-7-5-13-4-2-9-22-13)20-8-3-6-16(12-20)10-14(21)19-11-16/h2,4,9H,3,5-8,10-12H2,1H3,(H,17,18)(H,19,21). The lowest BCUT2D eigenvalue weighted by Crippen LogP contribution is -2.51. The summed E-state index contributed by atoms with van der Waals surface area (Å²) in [6.45, 7) is 3.65. The van der Waals surface area contributed by atoms with Crippen LogP contribution in [-0.4, -0.2) is 50.0 Å². The fourth-order valence-corrected chi connectivity index (χ4v) is 4.22. The van der Waals surface area contributed by atoms with Crippen molar-refractivity contribution in [3.8, 4) is 0 Å². The van der Waals surface area contributed by atoms with E-state index in [4.69, 9.17) is 0 Å². The molecule has 0 aromatic carbocycles. The summed E-state index contributed by atoms with van der Waals surface area (Å²) in [7, 11) is 1.84. The van der Waals surface area contributed by atoms with Crippen molar-refractivity contribution in [2.75, 3.05) is 33.2 Å². The number of nitrogens with zero attached hydrogens (tertiary/aromatic N) is 2. The van der Waals surface area contributed by atoms with Crippen LogP contribution in [0.5, 0.6) is 0 Å². The molecule has 1 atom stereocenters. The average molecular weight is 320 g/mol. The van der Waals surface area contributed by atoms with Gasteiger partial charge in [0.1, 0.15) is 0 Å². The number of piperidine rings is 1. The van der Waals surface area contributed by atoms with Crippen molar-refractivity contribution in [1.82, 2.24) is 15.5 Å². The molecule has 2 saturated heterocycles. The topological polar surface area (TPSA) is 56.7 Å². The molecule has 2 aliphatic heterocycles. The predicted molar refractivity (Wildman–Crippen MR) is 90.3 cm³/mol. The van der Waals surface area contributed by atoms with Gasteiger partial charge in [-0.1, -0.05) is 6.07 Å². The molecule has 6 heteroatoms. The summed E-state index contributed by atoms with van der Waals surface area (Å²) in [6.07, 6.45) is 3.94. The molecule has 1 aromatic rings. The zero-order valence-electron chi connectivity index (χ0n) is 13.1. The Hall–Kier alpha value is -1.56. The Kier molecular flexibility index (Phi) is 4.66. The number of aliphatic imine (C=N–C) groups is 1. The Morgan fingerprint density at radius 2 is 2.50 bits per heavy atom. The summed E-state index contributed by atoms with van der Waals surface area (Å²) >= 11 is 1.79. The number of likely N-dealkylation sites (tertiary alicyclic amines) is 1. The third-order valence-corrected chi connectivity index (χ3v) is 5.54. The molecular weight excluding hydrogens is 296 g/mol. The number of thiophene rings is 1. The van der Waals surface area contributed by atoms with E-state index >= 15 is 0 Å². The van der Waals surface area contributed by atoms with Crippen molar-refractivity contribution in [3.05, 3.63) is 22.4 Å². The molecule has 0 radical (unpaired) electrons. The van der Waals surface area contributed by atoms with E-state index in [1.807, 2.05) is 7.05 Å². The minimum absolute atomic E-state index is 0.112. The Bertz CT molecular complexity index is 542. The van der Waals surface area contributed by atoms with Gasteiger partial charge in [0.25, 0.3) is 0 Å². The van der Waals surface area contributed by atoms with Crippen molar-refractivity contribution in [2.45, 2.75) is 25.7 Å². The van der Waals surface area contributed by atoms with E-state index in [0.717, 1.165) is 51.4 Å². The van der Waals surface area contributed by atoms with Crippen molar-refractivity contribution in [3.63, 3.8) is 0 Å². The normalized spacial score (nSPS) is 25.6. The van der Waals surface area contributed by atoms with E-state index in [9.17, 15) is 4.79 Å². The molecule has 0 saturated carbocycles. The molecule has 2 fully saturated rings. The lowest BCUT2D eigenvalue weighted by atomic mass is 9.79. The molecule has 1 amide bonds. The van der Waals surface area contributed by atoms with Crippen LogP contribution in [0.2, 0.25) is 0 Å². The van der Waals surface area contributed by atoms with Crippen LogP contribution >= 0.6 is 11.3 Å². The third kappa shape index (κ3) is 3.43. The Morgan fingerprint density at radius 1 is 1.59 bits per heavy atom. The van der Waals surface area contributed by atoms with Crippen LogP contribution in [0.25, 0.3) is 0 Å². The van der Waals surface area contributed by atoms with Gasteiger partial charge in [0.15, 0.2) is 5.96 Å². The summed E-state index contributed by atoms with van der Waals surface area (Å²) in [6, 6.07) is 4.26. The van der Waals surface area contributed by atoms with Gasteiger partial charge in [-0.25, -0.2) is 0 Å². The zero-order valence-corrected chi connectivity index (χ0v) is 13.9. The quantitative estimate of drug-likeness (QED) is 0.655. The fourth-order valence-electron chi connectivity index (χ4n) is 3.51. The minimum Gasteiger partial charge on any atom is -0.356 e. The smallest absolute Gasteiger partial charge is 0.220 e. The van der Waals surface area contributed by atoms with Crippen LogP contribution < -0.4 is 10.6 Å². The van der Waals surface area contributed by atoms with E-state index in [1.54, 1.807) is 11.3 Å². The Morgan fingerprint density at radius 3 is 3.18 bits per heavy atom. The summed E-state index contributed by atoms with van der Waals surface area (Å²) < 4.78 is 0. The SMILES string of the molecule is CN=C(NCCc1cccs1)N1CCCC2(CNC(=O)C2)C1. The largest absolute Gasteiger partial charge is 0.356 e. The highest BCUT2D eigenvalue weighted by Crippen LogP contribution is 2.35. The molecule has 0 bridgehead atoms. The summed E-state index contributed by atoms with van der Waals surface area (Å²) in [5.41, 5.74) is 0.112. The molecule has 1 spiro atoms. The van der Waals surface area contributed by atoms with Crippen molar-refractivity contribution in [1.29, 1.82) is 0 Å². The Balaban J connectivity index is 1.55. The molecule has 0 aliphatic carbocycles. The summed E-state index contributed by atoms with van der Waals surface area (Å²) in [5.74, 6) is 1.16. The number of guanidine groups is 1. The Labute approximate surface area is 135 Å². The molecule has 2 aliphatic rings. The van der Waals surface area contributed by atoms with E-state index in [0.29, 0.717) is 6.42 Å². The van der Waals surface area contributed by atoms with Crippen molar-refractivity contribution >= 4 is 23.2 Å². The second-order valence-corrected chi connectivity index (χ2v) is 7.31. The number of rotatable bonds is 3. The predicted octanol–water partition coefficient (Wildman–Crippen LogP) is 1.47. The molecule has 5 nitrogen and oxygen atoms in total. The molecule has 3 heterocycles. The first-order chi connectivity index (χ1) is 10.7. The highest BCUT2D eigenvalue weighted by atomic mass is 32.1. The van der Waals surface area contributed by atoms with Gasteiger partial charge in [0.2, 0.25) is 5.91 Å². The maximum absolute atomic E-state index is 11.6. The molecule has 3 rings (SSSR count). The number of nitrogens with one attached hydrogen (secondary N) is 2. The number of hydrogen-bond donors (Lipinski definition) is 2. The lowest BCUT2D eigenvalue weighted by Gasteiger charge is -2.40. The van der Waals surface area contributed by atoms with Crippen LogP contribution in [0.15, 0.2) is 22.5 Å². The number of hydrogen-bond acceptors (Lipinski definition) is 3. The van der Waals surface area contributed by atoms with E-state index in [2.05, 4.69) is 38.0 Å². The first-order valence-electron chi connectivity index (χ1n) is 7.95. The van der Waals surface area contributed by atoms with Crippen molar-refractivity contribution in [2.24, 2.45) is 10.4 Å². The molecule has 2 N–H and O–H groups in total. The molecular formula is C16H24N4OS. The molecule has 120 valence electrons. The molecule has 22 heavy (non-hydrogen) atoms. The van der Waals surface area contributed by atoms with Crippen LogP contribution in [-0.2, 0) is 11.2 Å². The fraction of sp³-hybridized carbons (Fsp3) is 0.625. The minimum atomic E-state index is 0.112. The zero-order chi connectivity index (χ0) is 15.4. The van der Waals surface area contributed by atoms with Crippen LogP contribution in [0.4, 0.5) is 0 Å². The highest BCUT2D eigenvalue weighted by Gasteiger charge is 2.42. The maximum Gasteiger partial charge on any atom is 0.220 e. The number of amides is 1. The van der Waals surface area contributed by atoms with E-state index < -0.39 is 0 Å². The van der Waals surface area contributed by atoms with Gasteiger partial charge in [0, 0.05) is 49.9 Å². The lowest BCUT2D eigenvalue weighted by molar-refractivity contribution is -0.119. The molecule has 1 aromatic heterocycles. The van der Waals surface area contributed by atoms with Gasteiger partial charge >= 0.3 is 0 Å². The van der Waals surface area contributed by atoms with E-state index in [-0.39, 0.29) is 11.3 Å². The average Bonchev–Trinajstić information content (AvgIpc) is 3.14. The molecule has 1 unspecified atom stereocenters. The summed E-state index contributed by atoms with van der Waals surface area (Å²) in [4.78, 5) is 19.7. The second kappa shape index (κ2) is 6.69. The monoisotopic (exact) mass is 320 g/mol. The van der Waals surface area contributed by atoms with Gasteiger partial charge < -0.3 is 15.5 Å². The van der Waals surface area contributed by atoms with Crippen LogP contribution in [0.1, 0.15) is 24.1 Å². The van der Waals surface area contributed by atoms with Gasteiger partial charge in [-0.2, -0.15) is 0 Å². The van der Waals surface area contributed by atoms with Gasteiger partial charge in [-0.15, -0.1) is 11.3 Å². The van der Waals surface area contributed by atoms with E-state index in [1.165, 1.54) is 4.88 Å². The second-order valence-electron chi connectivity index (χ2n) is 6.28. The van der Waals surface area contributed by atoms with Gasteiger partial charge in [0.05, 0.1) is 0 Å². The van der Waals surface area contributed by atoms with Crippen LogP contribution in [0, 0.1) is 5.41 Å². The third-order valence-electron chi connectivity index (χ3n) is 4.60. The number of carbonyl (C=O) groups excluding carboxylic acids is 1. The highest BCUT2D eigenvalue weighted by molar-refractivity contribution is 7.09. The van der Waals surface area contributed by atoms with Crippen LogP contribution in [0.3, 0.4) is 0 Å². The summed E-state index contributed by atoms with van der Waals surface area (Å²) in [5, 5.41) is 8.58. The van der Waals surface area contributed by atoms with Crippen molar-refractivity contribution < 1.29 is 4.79 Å². The first-order valence-corrected chi connectivity index (χ1v) is 8.83.